The van der Waals surface area contributed by atoms with Crippen molar-refractivity contribution in [2.75, 3.05) is 25.6 Å². The minimum absolute atomic E-state index is 0.00392. The standard InChI is InChI=1S/C14H18O2S/c15-8-14(9-16-10-14)7-11-3-4-13-12(6-11)2-1-5-17-13/h3-4,6,15H,1-2,5,7-10H2. The van der Waals surface area contributed by atoms with Gasteiger partial charge in [-0.15, -0.1) is 11.8 Å². The summed E-state index contributed by atoms with van der Waals surface area (Å²) in [5.74, 6) is 1.25. The lowest BCUT2D eigenvalue weighted by atomic mass is 9.80. The molecule has 0 spiro atoms. The molecular formula is C14H18O2S. The van der Waals surface area contributed by atoms with E-state index < -0.39 is 0 Å². The lowest BCUT2D eigenvalue weighted by Gasteiger charge is -2.40. The van der Waals surface area contributed by atoms with E-state index in [0.717, 1.165) is 6.42 Å². The van der Waals surface area contributed by atoms with E-state index in [1.807, 2.05) is 11.8 Å². The molecule has 0 radical (unpaired) electrons. The number of rotatable bonds is 3. The van der Waals surface area contributed by atoms with Crippen molar-refractivity contribution < 1.29 is 9.84 Å². The third-order valence-electron chi connectivity index (χ3n) is 3.70. The van der Waals surface area contributed by atoms with Gasteiger partial charge in [0.2, 0.25) is 0 Å². The number of aliphatic hydroxyl groups is 1. The summed E-state index contributed by atoms with van der Waals surface area (Å²) in [4.78, 5) is 1.45. The monoisotopic (exact) mass is 250 g/mol. The van der Waals surface area contributed by atoms with Crippen molar-refractivity contribution in [1.82, 2.24) is 0 Å². The molecule has 0 saturated carbocycles. The number of aliphatic hydroxyl groups excluding tert-OH is 1. The average molecular weight is 250 g/mol. The lowest BCUT2D eigenvalue weighted by Crippen LogP contribution is -2.47. The molecule has 0 amide bonds. The van der Waals surface area contributed by atoms with Gasteiger partial charge in [0, 0.05) is 10.3 Å². The Bertz CT molecular complexity index is 407. The van der Waals surface area contributed by atoms with Crippen molar-refractivity contribution in [3.63, 3.8) is 0 Å². The summed E-state index contributed by atoms with van der Waals surface area (Å²) in [5.41, 5.74) is 2.84. The van der Waals surface area contributed by atoms with Crippen LogP contribution < -0.4 is 0 Å². The molecule has 0 atom stereocenters. The Balaban J connectivity index is 1.79. The first-order chi connectivity index (χ1) is 8.31. The van der Waals surface area contributed by atoms with E-state index in [0.29, 0.717) is 13.2 Å². The van der Waals surface area contributed by atoms with Crippen LogP contribution in [0.15, 0.2) is 23.1 Å². The Hall–Kier alpha value is -0.510. The highest BCUT2D eigenvalue weighted by Gasteiger charge is 2.38. The molecule has 2 aliphatic rings. The molecule has 1 N–H and O–H groups in total. The molecule has 0 unspecified atom stereocenters. The van der Waals surface area contributed by atoms with E-state index in [1.54, 1.807) is 0 Å². The van der Waals surface area contributed by atoms with Crippen LogP contribution >= 0.6 is 11.8 Å². The Kier molecular flexibility index (Phi) is 3.16. The zero-order valence-corrected chi connectivity index (χ0v) is 10.8. The molecule has 2 nitrogen and oxygen atoms in total. The third-order valence-corrected chi connectivity index (χ3v) is 4.91. The van der Waals surface area contributed by atoms with E-state index >= 15 is 0 Å². The fraction of sp³-hybridized carbons (Fsp3) is 0.571. The molecule has 1 saturated heterocycles. The van der Waals surface area contributed by atoms with Gasteiger partial charge in [0.25, 0.3) is 0 Å². The largest absolute Gasteiger partial charge is 0.396 e. The molecule has 3 rings (SSSR count). The van der Waals surface area contributed by atoms with Crippen molar-refractivity contribution in [2.45, 2.75) is 24.2 Å². The number of fused-ring (bicyclic) bond motifs is 1. The van der Waals surface area contributed by atoms with Crippen LogP contribution in [0.5, 0.6) is 0 Å². The average Bonchev–Trinajstić information content (AvgIpc) is 2.34. The van der Waals surface area contributed by atoms with Gasteiger partial charge < -0.3 is 9.84 Å². The number of thioether (sulfide) groups is 1. The molecule has 2 heterocycles. The van der Waals surface area contributed by atoms with Crippen LogP contribution in [0, 0.1) is 5.41 Å². The first-order valence-corrected chi connectivity index (χ1v) is 7.23. The first kappa shape index (κ1) is 11.6. The molecule has 1 aromatic carbocycles. The smallest absolute Gasteiger partial charge is 0.0570 e. The van der Waals surface area contributed by atoms with Gasteiger partial charge in [-0.25, -0.2) is 0 Å². The summed E-state index contributed by atoms with van der Waals surface area (Å²) in [6, 6.07) is 6.79. The summed E-state index contributed by atoms with van der Waals surface area (Å²) in [6.45, 7) is 1.64. The topological polar surface area (TPSA) is 29.5 Å². The first-order valence-electron chi connectivity index (χ1n) is 6.25. The zero-order chi connectivity index (χ0) is 11.7. The molecule has 0 aliphatic carbocycles. The number of benzene rings is 1. The van der Waals surface area contributed by atoms with Gasteiger partial charge in [-0.1, -0.05) is 12.1 Å². The summed E-state index contributed by atoms with van der Waals surface area (Å²) in [7, 11) is 0. The van der Waals surface area contributed by atoms with Crippen LogP contribution in [-0.2, 0) is 17.6 Å². The van der Waals surface area contributed by atoms with Crippen molar-refractivity contribution in [3.8, 4) is 0 Å². The highest BCUT2D eigenvalue weighted by atomic mass is 32.2. The van der Waals surface area contributed by atoms with Crippen LogP contribution in [0.1, 0.15) is 17.5 Å². The predicted octanol–water partition coefficient (Wildman–Crippen LogP) is 2.28. The Morgan fingerprint density at radius 3 is 2.94 bits per heavy atom. The van der Waals surface area contributed by atoms with E-state index in [9.17, 15) is 5.11 Å². The molecule has 2 aliphatic heterocycles. The van der Waals surface area contributed by atoms with Crippen LogP contribution in [-0.4, -0.2) is 30.7 Å². The number of hydrogen-bond acceptors (Lipinski definition) is 3. The summed E-state index contributed by atoms with van der Waals surface area (Å²) >= 11 is 1.97. The van der Waals surface area contributed by atoms with Gasteiger partial charge in [-0.3, -0.25) is 0 Å². The Morgan fingerprint density at radius 2 is 2.24 bits per heavy atom. The maximum absolute atomic E-state index is 9.45. The number of hydrogen-bond donors (Lipinski definition) is 1. The normalized spacial score (nSPS) is 21.7. The quantitative estimate of drug-likeness (QED) is 0.892. The Morgan fingerprint density at radius 1 is 1.35 bits per heavy atom. The van der Waals surface area contributed by atoms with Crippen LogP contribution in [0.25, 0.3) is 0 Å². The van der Waals surface area contributed by atoms with Crippen molar-refractivity contribution in [2.24, 2.45) is 5.41 Å². The summed E-state index contributed by atoms with van der Waals surface area (Å²) in [6.07, 6.45) is 3.44. The highest BCUT2D eigenvalue weighted by molar-refractivity contribution is 7.99. The predicted molar refractivity (Wildman–Crippen MR) is 69.5 cm³/mol. The fourth-order valence-corrected chi connectivity index (χ4v) is 3.62. The molecule has 1 fully saturated rings. The van der Waals surface area contributed by atoms with Crippen molar-refractivity contribution >= 4 is 11.8 Å². The molecule has 3 heteroatoms. The van der Waals surface area contributed by atoms with Crippen molar-refractivity contribution in [3.05, 3.63) is 29.3 Å². The van der Waals surface area contributed by atoms with Gasteiger partial charge in [-0.05, 0) is 42.2 Å². The number of ether oxygens (including phenoxy) is 1. The molecule has 92 valence electrons. The summed E-state index contributed by atoms with van der Waals surface area (Å²) < 4.78 is 5.25. The molecule has 0 aromatic heterocycles. The zero-order valence-electron chi connectivity index (χ0n) is 9.95. The second-order valence-electron chi connectivity index (χ2n) is 5.22. The second kappa shape index (κ2) is 4.63. The maximum atomic E-state index is 9.45. The van der Waals surface area contributed by atoms with Gasteiger partial charge in [-0.2, -0.15) is 0 Å². The Labute approximate surface area is 106 Å². The summed E-state index contributed by atoms with van der Waals surface area (Å²) in [5, 5.41) is 9.45. The van der Waals surface area contributed by atoms with E-state index in [2.05, 4.69) is 18.2 Å². The van der Waals surface area contributed by atoms with Gasteiger partial charge in [0.05, 0.1) is 19.8 Å². The van der Waals surface area contributed by atoms with Gasteiger partial charge in [0.1, 0.15) is 0 Å². The van der Waals surface area contributed by atoms with E-state index in [-0.39, 0.29) is 12.0 Å². The number of aryl methyl sites for hydroxylation is 1. The lowest BCUT2D eigenvalue weighted by molar-refractivity contribution is -0.136. The van der Waals surface area contributed by atoms with E-state index in [1.165, 1.54) is 34.6 Å². The SMILES string of the molecule is OCC1(Cc2ccc3c(c2)CCCS3)COC1. The minimum Gasteiger partial charge on any atom is -0.396 e. The fourth-order valence-electron chi connectivity index (χ4n) is 2.60. The molecule has 0 bridgehead atoms. The molecule has 17 heavy (non-hydrogen) atoms. The van der Waals surface area contributed by atoms with Crippen LogP contribution in [0.4, 0.5) is 0 Å². The highest BCUT2D eigenvalue weighted by Crippen LogP contribution is 2.34. The minimum atomic E-state index is -0.00392. The van der Waals surface area contributed by atoms with Gasteiger partial charge in [0.15, 0.2) is 0 Å². The third kappa shape index (κ3) is 2.24. The van der Waals surface area contributed by atoms with Crippen LogP contribution in [0.2, 0.25) is 0 Å². The van der Waals surface area contributed by atoms with Crippen LogP contribution in [0.3, 0.4) is 0 Å². The second-order valence-corrected chi connectivity index (χ2v) is 6.36. The maximum Gasteiger partial charge on any atom is 0.0570 e. The molecule has 1 aromatic rings. The molecular weight excluding hydrogens is 232 g/mol. The van der Waals surface area contributed by atoms with Crippen molar-refractivity contribution in [1.29, 1.82) is 0 Å². The van der Waals surface area contributed by atoms with Gasteiger partial charge >= 0.3 is 0 Å². The van der Waals surface area contributed by atoms with E-state index in [4.69, 9.17) is 4.74 Å².